The molecule has 0 aliphatic heterocycles. The number of carbonyl (C=O) groups is 1. The topological polar surface area (TPSA) is 53.4 Å². The molecule has 1 heterocycles. The minimum Gasteiger partial charge on any atom is -0.494 e. The van der Waals surface area contributed by atoms with E-state index in [1.807, 2.05) is 6.07 Å². The summed E-state index contributed by atoms with van der Waals surface area (Å²) in [4.78, 5) is 16.2. The predicted octanol–water partition coefficient (Wildman–Crippen LogP) is 3.74. The van der Waals surface area contributed by atoms with Gasteiger partial charge in [-0.05, 0) is 30.3 Å². The van der Waals surface area contributed by atoms with Crippen molar-refractivity contribution in [2.45, 2.75) is 0 Å². The van der Waals surface area contributed by atoms with Crippen molar-refractivity contribution in [3.05, 3.63) is 66.9 Å². The summed E-state index contributed by atoms with van der Waals surface area (Å²) in [5.41, 5.74) is 1.14. The Kier molecular flexibility index (Phi) is 4.05. The fourth-order valence-electron chi connectivity index (χ4n) is 2.03. The molecule has 3 aromatic rings. The Bertz CT molecular complexity index is 831. The number of imidazole rings is 1. The molecule has 23 heavy (non-hydrogen) atoms. The summed E-state index contributed by atoms with van der Waals surface area (Å²) in [5, 5.41) is 0. The van der Waals surface area contributed by atoms with Gasteiger partial charge in [0, 0.05) is 11.8 Å². The third-order valence-corrected chi connectivity index (χ3v) is 3.19. The molecule has 116 valence electrons. The number of halogens is 1. The van der Waals surface area contributed by atoms with Gasteiger partial charge in [0.2, 0.25) is 0 Å². The van der Waals surface area contributed by atoms with Crippen LogP contribution in [-0.2, 0) is 0 Å². The van der Waals surface area contributed by atoms with E-state index in [1.165, 1.54) is 36.3 Å². The average Bonchev–Trinajstić information content (AvgIpc) is 3.06. The van der Waals surface area contributed by atoms with Crippen molar-refractivity contribution in [1.82, 2.24) is 9.55 Å². The molecule has 0 fully saturated rings. The first kappa shape index (κ1) is 14.8. The van der Waals surface area contributed by atoms with Crippen molar-refractivity contribution >= 4 is 6.09 Å². The molecule has 0 aliphatic rings. The van der Waals surface area contributed by atoms with Crippen LogP contribution in [-0.4, -0.2) is 22.8 Å². The molecule has 0 bridgehead atoms. The van der Waals surface area contributed by atoms with Crippen LogP contribution in [0.25, 0.3) is 11.3 Å². The maximum Gasteiger partial charge on any atom is 0.424 e. The molecule has 0 aliphatic carbocycles. The van der Waals surface area contributed by atoms with Gasteiger partial charge in [-0.15, -0.1) is 0 Å². The predicted molar refractivity (Wildman–Crippen MR) is 82.0 cm³/mol. The van der Waals surface area contributed by atoms with Crippen LogP contribution in [0.3, 0.4) is 0 Å². The highest BCUT2D eigenvalue weighted by atomic mass is 19.1. The molecule has 0 spiro atoms. The molecule has 5 nitrogen and oxygen atoms in total. The number of rotatable bonds is 3. The van der Waals surface area contributed by atoms with E-state index in [0.29, 0.717) is 17.0 Å². The maximum absolute atomic E-state index is 13.4. The van der Waals surface area contributed by atoms with E-state index >= 15 is 0 Å². The quantitative estimate of drug-likeness (QED) is 0.739. The van der Waals surface area contributed by atoms with Crippen LogP contribution in [0.5, 0.6) is 11.5 Å². The molecule has 0 radical (unpaired) electrons. The molecule has 3 rings (SSSR count). The molecule has 0 atom stereocenters. The normalized spacial score (nSPS) is 10.3. The second-order valence-electron chi connectivity index (χ2n) is 4.70. The molecule has 0 N–H and O–H groups in total. The van der Waals surface area contributed by atoms with Gasteiger partial charge in [0.25, 0.3) is 0 Å². The van der Waals surface area contributed by atoms with Crippen molar-refractivity contribution in [2.24, 2.45) is 0 Å². The second-order valence-corrected chi connectivity index (χ2v) is 4.70. The van der Waals surface area contributed by atoms with Crippen LogP contribution >= 0.6 is 0 Å². The summed E-state index contributed by atoms with van der Waals surface area (Å²) in [6.45, 7) is 0. The van der Waals surface area contributed by atoms with E-state index in [1.54, 1.807) is 30.3 Å². The lowest BCUT2D eigenvalue weighted by Gasteiger charge is -2.04. The Morgan fingerprint density at radius 2 is 1.96 bits per heavy atom. The SMILES string of the molecule is COc1cc(-c2cn(C(=O)Oc3ccccc3)cn2)ccc1F. The van der Waals surface area contributed by atoms with Crippen molar-refractivity contribution in [2.75, 3.05) is 7.11 Å². The second kappa shape index (κ2) is 6.31. The zero-order valence-corrected chi connectivity index (χ0v) is 12.3. The standard InChI is InChI=1S/C17H13FN2O3/c1-22-16-9-12(7-8-14(16)18)15-10-20(11-19-15)17(21)23-13-5-3-2-4-6-13/h2-11H,1H3. The minimum atomic E-state index is -0.580. The first-order valence-electron chi connectivity index (χ1n) is 6.82. The first-order valence-corrected chi connectivity index (χ1v) is 6.82. The number of methoxy groups -OCH3 is 1. The Balaban J connectivity index is 1.81. The lowest BCUT2D eigenvalue weighted by molar-refractivity contribution is 0.202. The summed E-state index contributed by atoms with van der Waals surface area (Å²) in [6.07, 6.45) is 2.28. The van der Waals surface area contributed by atoms with Gasteiger partial charge in [0.15, 0.2) is 11.6 Å². The van der Waals surface area contributed by atoms with E-state index < -0.39 is 11.9 Å². The van der Waals surface area contributed by atoms with E-state index in [0.717, 1.165) is 0 Å². The molecule has 1 aromatic heterocycles. The van der Waals surface area contributed by atoms with Crippen LogP contribution in [0.1, 0.15) is 0 Å². The molecule has 2 aromatic carbocycles. The van der Waals surface area contributed by atoms with Gasteiger partial charge < -0.3 is 9.47 Å². The Hall–Kier alpha value is -3.15. The molecular formula is C17H13FN2O3. The van der Waals surface area contributed by atoms with Gasteiger partial charge in [-0.1, -0.05) is 18.2 Å². The van der Waals surface area contributed by atoms with Crippen LogP contribution in [0.15, 0.2) is 61.1 Å². The zero-order valence-electron chi connectivity index (χ0n) is 12.3. The van der Waals surface area contributed by atoms with Crippen LogP contribution < -0.4 is 9.47 Å². The molecule has 0 saturated heterocycles. The summed E-state index contributed by atoms with van der Waals surface area (Å²) in [5.74, 6) is 0.0966. The van der Waals surface area contributed by atoms with E-state index in [-0.39, 0.29) is 5.75 Å². The fraction of sp³-hybridized carbons (Fsp3) is 0.0588. The third kappa shape index (κ3) is 3.21. The summed E-state index contributed by atoms with van der Waals surface area (Å²) in [7, 11) is 1.39. The first-order chi connectivity index (χ1) is 11.2. The number of benzene rings is 2. The minimum absolute atomic E-state index is 0.115. The number of carbonyl (C=O) groups excluding carboxylic acids is 1. The van der Waals surface area contributed by atoms with Gasteiger partial charge in [-0.25, -0.2) is 18.7 Å². The number of para-hydroxylation sites is 1. The van der Waals surface area contributed by atoms with Gasteiger partial charge in [-0.3, -0.25) is 0 Å². The van der Waals surface area contributed by atoms with E-state index in [9.17, 15) is 9.18 Å². The number of hydrogen-bond donors (Lipinski definition) is 0. The van der Waals surface area contributed by atoms with Gasteiger partial charge in [0.05, 0.1) is 12.8 Å². The van der Waals surface area contributed by atoms with Crippen molar-refractivity contribution in [3.63, 3.8) is 0 Å². The molecule has 0 amide bonds. The highest BCUT2D eigenvalue weighted by Crippen LogP contribution is 2.25. The molecular weight excluding hydrogens is 299 g/mol. The Labute approximate surface area is 131 Å². The average molecular weight is 312 g/mol. The molecule has 6 heteroatoms. The highest BCUT2D eigenvalue weighted by molar-refractivity contribution is 5.75. The van der Waals surface area contributed by atoms with Crippen LogP contribution in [0.2, 0.25) is 0 Å². The van der Waals surface area contributed by atoms with E-state index in [2.05, 4.69) is 4.98 Å². The number of hydrogen-bond acceptors (Lipinski definition) is 4. The van der Waals surface area contributed by atoms with Gasteiger partial charge in [0.1, 0.15) is 12.1 Å². The lowest BCUT2D eigenvalue weighted by Crippen LogP contribution is -2.14. The number of nitrogens with zero attached hydrogens (tertiary/aromatic N) is 2. The fourth-order valence-corrected chi connectivity index (χ4v) is 2.03. The highest BCUT2D eigenvalue weighted by Gasteiger charge is 2.12. The van der Waals surface area contributed by atoms with Crippen molar-refractivity contribution in [1.29, 1.82) is 0 Å². The Morgan fingerprint density at radius 3 is 2.70 bits per heavy atom. The van der Waals surface area contributed by atoms with Gasteiger partial charge >= 0.3 is 6.09 Å². The van der Waals surface area contributed by atoms with Crippen LogP contribution in [0.4, 0.5) is 9.18 Å². The molecule has 0 unspecified atom stereocenters. The monoisotopic (exact) mass is 312 g/mol. The summed E-state index contributed by atoms with van der Waals surface area (Å²) >= 11 is 0. The number of ether oxygens (including phenoxy) is 2. The number of aromatic nitrogens is 2. The van der Waals surface area contributed by atoms with Crippen molar-refractivity contribution in [3.8, 4) is 22.8 Å². The van der Waals surface area contributed by atoms with Gasteiger partial charge in [-0.2, -0.15) is 0 Å². The van der Waals surface area contributed by atoms with Crippen LogP contribution in [0, 0.1) is 5.82 Å². The van der Waals surface area contributed by atoms with E-state index in [4.69, 9.17) is 9.47 Å². The van der Waals surface area contributed by atoms with Crippen molar-refractivity contribution < 1.29 is 18.7 Å². The lowest BCUT2D eigenvalue weighted by atomic mass is 10.1. The summed E-state index contributed by atoms with van der Waals surface area (Å²) in [6, 6.07) is 13.1. The maximum atomic E-state index is 13.4. The smallest absolute Gasteiger partial charge is 0.424 e. The third-order valence-electron chi connectivity index (χ3n) is 3.19. The summed E-state index contributed by atoms with van der Waals surface area (Å²) < 4.78 is 24.8. The molecule has 0 saturated carbocycles. The largest absolute Gasteiger partial charge is 0.494 e. The Morgan fingerprint density at radius 1 is 1.17 bits per heavy atom. The zero-order chi connectivity index (χ0) is 16.2.